The van der Waals surface area contributed by atoms with E-state index >= 15 is 0 Å². The predicted molar refractivity (Wildman–Crippen MR) is 119 cm³/mol. The van der Waals surface area contributed by atoms with Crippen molar-refractivity contribution in [2.24, 2.45) is 0 Å². The highest BCUT2D eigenvalue weighted by Gasteiger charge is 2.44. The molecule has 30 heavy (non-hydrogen) atoms. The SMILES string of the molecule is CCSc1n[n+]2c(c(=O)[nH]1)-c1ccccc1N(C(C)=O)[C@H]2c1ccc(OC)c(Br)c1. The van der Waals surface area contributed by atoms with Gasteiger partial charge in [-0.2, -0.15) is 0 Å². The fourth-order valence-electron chi connectivity index (χ4n) is 3.66. The third-order valence-electron chi connectivity index (χ3n) is 4.85. The van der Waals surface area contributed by atoms with Crippen LogP contribution in [0, 0.1) is 0 Å². The molecule has 2 aromatic carbocycles. The van der Waals surface area contributed by atoms with Gasteiger partial charge in [0.2, 0.25) is 11.1 Å². The van der Waals surface area contributed by atoms with Gasteiger partial charge in [-0.15, -0.1) is 0 Å². The molecule has 1 atom stereocenters. The van der Waals surface area contributed by atoms with Crippen molar-refractivity contribution in [3.8, 4) is 17.0 Å². The minimum Gasteiger partial charge on any atom is -0.496 e. The Balaban J connectivity index is 2.05. The van der Waals surface area contributed by atoms with Gasteiger partial charge in [0, 0.05) is 17.6 Å². The lowest BCUT2D eigenvalue weighted by atomic mass is 10.0. The zero-order valence-electron chi connectivity index (χ0n) is 16.7. The summed E-state index contributed by atoms with van der Waals surface area (Å²) in [6.07, 6.45) is -0.617. The lowest BCUT2D eigenvalue weighted by Gasteiger charge is -2.31. The number of aromatic amines is 1. The Bertz CT molecular complexity index is 1200. The van der Waals surface area contributed by atoms with Crippen molar-refractivity contribution in [3.05, 3.63) is 62.9 Å². The average molecular weight is 488 g/mol. The number of para-hydroxylation sites is 1. The smallest absolute Gasteiger partial charge is 0.325 e. The van der Waals surface area contributed by atoms with Crippen molar-refractivity contribution in [2.45, 2.75) is 25.2 Å². The van der Waals surface area contributed by atoms with E-state index in [1.807, 2.05) is 49.4 Å². The lowest BCUT2D eigenvalue weighted by molar-refractivity contribution is -0.763. The summed E-state index contributed by atoms with van der Waals surface area (Å²) in [5, 5.41) is 5.22. The third kappa shape index (κ3) is 3.41. The molecule has 0 aliphatic carbocycles. The first-order valence-electron chi connectivity index (χ1n) is 9.37. The number of H-pyrrole nitrogens is 1. The number of fused-ring (bicyclic) bond motifs is 3. The number of nitrogens with zero attached hydrogens (tertiary/aromatic N) is 3. The molecule has 0 radical (unpaired) electrons. The van der Waals surface area contributed by atoms with E-state index in [9.17, 15) is 9.59 Å². The molecule has 0 saturated carbocycles. The van der Waals surface area contributed by atoms with Gasteiger partial charge in [-0.05, 0) is 56.7 Å². The second-order valence-corrected chi connectivity index (χ2v) is 8.77. The average Bonchev–Trinajstić information content (AvgIpc) is 2.72. The van der Waals surface area contributed by atoms with Crippen LogP contribution < -0.4 is 19.9 Å². The van der Waals surface area contributed by atoms with Crippen LogP contribution in [-0.4, -0.2) is 28.9 Å². The van der Waals surface area contributed by atoms with Crippen LogP contribution in [0.25, 0.3) is 11.3 Å². The van der Waals surface area contributed by atoms with Crippen LogP contribution in [0.1, 0.15) is 25.6 Å². The fraction of sp³-hybridized carbons (Fsp3) is 0.238. The number of carbonyl (C=O) groups excluding carboxylic acids is 1. The molecule has 2 heterocycles. The number of ether oxygens (including phenoxy) is 1. The maximum atomic E-state index is 13.1. The zero-order chi connectivity index (χ0) is 21.4. The molecule has 154 valence electrons. The van der Waals surface area contributed by atoms with Crippen LogP contribution in [0.3, 0.4) is 0 Å². The molecule has 1 aliphatic heterocycles. The highest BCUT2D eigenvalue weighted by Crippen LogP contribution is 2.38. The summed E-state index contributed by atoms with van der Waals surface area (Å²) in [6, 6.07) is 13.0. The van der Waals surface area contributed by atoms with Gasteiger partial charge < -0.3 is 4.74 Å². The summed E-state index contributed by atoms with van der Waals surface area (Å²) >= 11 is 4.97. The Morgan fingerprint density at radius 2 is 2.10 bits per heavy atom. The standard InChI is InChI=1S/C21H19BrN4O3S/c1-4-30-21-23-19(28)18-14-7-5-6-8-16(14)25(12(2)27)20(26(18)24-21)13-9-10-17(29-3)15(22)11-13/h5-11,20H,4H2,1-3H3/p+1/t20-/m1/s1. The Morgan fingerprint density at radius 1 is 1.33 bits per heavy atom. The van der Waals surface area contributed by atoms with Gasteiger partial charge in [0.05, 0.1) is 22.8 Å². The second-order valence-electron chi connectivity index (χ2n) is 6.66. The summed E-state index contributed by atoms with van der Waals surface area (Å²) < 4.78 is 7.75. The van der Waals surface area contributed by atoms with E-state index in [0.29, 0.717) is 27.9 Å². The molecular weight excluding hydrogens is 468 g/mol. The molecule has 9 heteroatoms. The maximum absolute atomic E-state index is 13.1. The summed E-state index contributed by atoms with van der Waals surface area (Å²) in [5.74, 6) is 1.29. The molecule has 0 unspecified atom stereocenters. The van der Waals surface area contributed by atoms with Crippen molar-refractivity contribution in [1.29, 1.82) is 0 Å². The first-order valence-corrected chi connectivity index (χ1v) is 11.2. The number of thioether (sulfide) groups is 1. The lowest BCUT2D eigenvalue weighted by Crippen LogP contribution is -2.60. The highest BCUT2D eigenvalue weighted by atomic mass is 79.9. The van der Waals surface area contributed by atoms with Crippen molar-refractivity contribution < 1.29 is 14.2 Å². The van der Waals surface area contributed by atoms with Gasteiger partial charge in [-0.25, -0.2) is 4.90 Å². The van der Waals surface area contributed by atoms with E-state index in [0.717, 1.165) is 15.8 Å². The molecule has 1 N–H and O–H groups in total. The minimum atomic E-state index is -0.617. The van der Waals surface area contributed by atoms with Crippen LogP contribution in [0.2, 0.25) is 0 Å². The molecule has 1 aliphatic rings. The van der Waals surface area contributed by atoms with Crippen LogP contribution >= 0.6 is 27.7 Å². The van der Waals surface area contributed by atoms with E-state index in [1.165, 1.54) is 18.7 Å². The van der Waals surface area contributed by atoms with Crippen LogP contribution in [0.15, 0.2) is 56.9 Å². The second kappa shape index (κ2) is 8.23. The number of nitrogens with one attached hydrogen (secondary N) is 1. The number of halogens is 1. The number of amides is 1. The van der Waals surface area contributed by atoms with E-state index in [2.05, 4.69) is 20.9 Å². The van der Waals surface area contributed by atoms with E-state index < -0.39 is 6.17 Å². The molecule has 7 nitrogen and oxygen atoms in total. The van der Waals surface area contributed by atoms with E-state index in [4.69, 9.17) is 9.84 Å². The molecule has 4 rings (SSSR count). The van der Waals surface area contributed by atoms with Gasteiger partial charge in [-0.1, -0.05) is 30.8 Å². The topological polar surface area (TPSA) is 79.2 Å². The fourth-order valence-corrected chi connectivity index (χ4v) is 4.80. The molecule has 0 bridgehead atoms. The first kappa shape index (κ1) is 20.6. The molecule has 0 spiro atoms. The zero-order valence-corrected chi connectivity index (χ0v) is 19.1. The Labute approximate surface area is 186 Å². The number of benzene rings is 2. The largest absolute Gasteiger partial charge is 0.496 e. The van der Waals surface area contributed by atoms with Gasteiger partial charge in [0.15, 0.2) is 0 Å². The Kier molecular flexibility index (Phi) is 5.66. The first-order chi connectivity index (χ1) is 14.5. The summed E-state index contributed by atoms with van der Waals surface area (Å²) in [5.41, 5.74) is 2.31. The van der Waals surface area contributed by atoms with Gasteiger partial charge >= 0.3 is 11.3 Å². The number of anilines is 1. The van der Waals surface area contributed by atoms with Gasteiger partial charge in [-0.3, -0.25) is 14.6 Å². The van der Waals surface area contributed by atoms with Crippen LogP contribution in [-0.2, 0) is 4.79 Å². The van der Waals surface area contributed by atoms with Crippen molar-refractivity contribution in [3.63, 3.8) is 0 Å². The predicted octanol–water partition coefficient (Wildman–Crippen LogP) is 3.52. The Morgan fingerprint density at radius 3 is 2.77 bits per heavy atom. The van der Waals surface area contributed by atoms with E-state index in [-0.39, 0.29) is 11.5 Å². The van der Waals surface area contributed by atoms with Crippen molar-refractivity contribution >= 4 is 39.3 Å². The number of hydrogen-bond acceptors (Lipinski definition) is 5. The minimum absolute atomic E-state index is 0.149. The molecule has 0 saturated heterocycles. The van der Waals surface area contributed by atoms with Gasteiger partial charge in [0.1, 0.15) is 5.75 Å². The number of aromatic nitrogens is 3. The number of hydrogen-bond donors (Lipinski definition) is 1. The maximum Gasteiger partial charge on any atom is 0.325 e. The number of carbonyl (C=O) groups is 1. The van der Waals surface area contributed by atoms with E-state index in [1.54, 1.807) is 16.7 Å². The molecule has 0 fully saturated rings. The molecule has 1 amide bonds. The molecular formula is C21H20BrN4O3S+. The number of rotatable bonds is 4. The quantitative estimate of drug-likeness (QED) is 0.449. The van der Waals surface area contributed by atoms with Crippen LogP contribution in [0.4, 0.5) is 5.69 Å². The normalized spacial score (nSPS) is 14.8. The summed E-state index contributed by atoms with van der Waals surface area (Å²) in [4.78, 5) is 30.4. The summed E-state index contributed by atoms with van der Waals surface area (Å²) in [7, 11) is 1.60. The number of methoxy groups -OCH3 is 1. The van der Waals surface area contributed by atoms with Gasteiger partial charge in [0.25, 0.3) is 6.17 Å². The Hall–Kier alpha value is -2.65. The highest BCUT2D eigenvalue weighted by molar-refractivity contribution is 9.10. The monoisotopic (exact) mass is 487 g/mol. The van der Waals surface area contributed by atoms with Crippen LogP contribution in [0.5, 0.6) is 5.75 Å². The third-order valence-corrected chi connectivity index (χ3v) is 6.22. The van der Waals surface area contributed by atoms with Crippen molar-refractivity contribution in [1.82, 2.24) is 10.1 Å². The summed E-state index contributed by atoms with van der Waals surface area (Å²) in [6.45, 7) is 3.51. The van der Waals surface area contributed by atoms with Crippen molar-refractivity contribution in [2.75, 3.05) is 17.8 Å². The molecule has 1 aromatic heterocycles. The molecule has 3 aromatic rings.